The van der Waals surface area contributed by atoms with Gasteiger partial charge in [0.25, 0.3) is 10.2 Å². The first kappa shape index (κ1) is 20.6. The molecule has 1 aromatic carbocycles. The van der Waals surface area contributed by atoms with E-state index in [1.165, 1.54) is 19.9 Å². The Balaban J connectivity index is 1.48. The maximum Gasteiger partial charge on any atom is 0.409 e. The van der Waals surface area contributed by atoms with Gasteiger partial charge in [-0.1, -0.05) is 18.2 Å². The molecule has 11 nitrogen and oxygen atoms in total. The van der Waals surface area contributed by atoms with Crippen LogP contribution in [0.15, 0.2) is 30.3 Å². The summed E-state index contributed by atoms with van der Waals surface area (Å²) >= 11 is 1.76. The monoisotopic (exact) mass is 425 g/mol. The third kappa shape index (κ3) is 5.67. The number of piperidine rings is 1. The second-order valence-electron chi connectivity index (χ2n) is 6.50. The van der Waals surface area contributed by atoms with Gasteiger partial charge in [-0.15, -0.1) is 31.6 Å². The summed E-state index contributed by atoms with van der Waals surface area (Å²) in [6.45, 7) is -0.257. The molecule has 0 aliphatic carbocycles. The van der Waals surface area contributed by atoms with Gasteiger partial charge in [-0.05, 0) is 36.3 Å². The minimum absolute atomic E-state index is 0.357. The first-order valence-corrected chi connectivity index (χ1v) is 9.72. The highest BCUT2D eigenvalue weighted by Crippen LogP contribution is 2.36. The fraction of sp³-hybridized carbons (Fsp3) is 0.471. The second-order valence-corrected chi connectivity index (χ2v) is 7.61. The molecule has 0 N–H and O–H groups in total. The Hall–Kier alpha value is -3.15. The van der Waals surface area contributed by atoms with E-state index in [2.05, 4.69) is 27.9 Å². The molecule has 0 radical (unpaired) electrons. The number of hydrogen-bond donors (Lipinski definition) is 0. The highest BCUT2D eigenvalue weighted by molar-refractivity contribution is 7.19. The molecule has 1 atom stereocenters. The number of rotatable bonds is 8. The van der Waals surface area contributed by atoms with Gasteiger partial charge in [0.1, 0.15) is 13.2 Å². The van der Waals surface area contributed by atoms with Crippen LogP contribution in [-0.4, -0.2) is 53.6 Å². The van der Waals surface area contributed by atoms with Gasteiger partial charge in [-0.3, -0.25) is 0 Å². The van der Waals surface area contributed by atoms with Crippen molar-refractivity contribution in [2.75, 3.05) is 26.3 Å². The molecule has 0 saturated carbocycles. The minimum atomic E-state index is -1.38. The summed E-state index contributed by atoms with van der Waals surface area (Å²) in [7, 11) is 0. The number of nitrogens with zero attached hydrogens (tertiary/aromatic N) is 3. The van der Waals surface area contributed by atoms with Crippen LogP contribution in [0.25, 0.3) is 10.1 Å². The van der Waals surface area contributed by atoms with Gasteiger partial charge >= 0.3 is 6.09 Å². The van der Waals surface area contributed by atoms with Crippen molar-refractivity contribution in [2.45, 2.75) is 24.9 Å². The SMILES string of the molecule is O=C(OCC(CO[N+](=O)[O-])O[N+](=O)[O-])N1CCC(c2cc3ccccc3s2)CC1. The van der Waals surface area contributed by atoms with Crippen LogP contribution in [0.1, 0.15) is 23.6 Å². The van der Waals surface area contributed by atoms with Crippen LogP contribution >= 0.6 is 11.3 Å². The first-order valence-electron chi connectivity index (χ1n) is 8.91. The number of benzene rings is 1. The molecule has 2 aromatic rings. The van der Waals surface area contributed by atoms with E-state index in [0.717, 1.165) is 12.8 Å². The van der Waals surface area contributed by atoms with Crippen LogP contribution in [0.4, 0.5) is 4.79 Å². The predicted molar refractivity (Wildman–Crippen MR) is 102 cm³/mol. The van der Waals surface area contributed by atoms with Gasteiger partial charge in [0, 0.05) is 22.7 Å². The van der Waals surface area contributed by atoms with Crippen LogP contribution < -0.4 is 0 Å². The van der Waals surface area contributed by atoms with Crippen molar-refractivity contribution >= 4 is 27.5 Å². The number of fused-ring (bicyclic) bond motifs is 1. The lowest BCUT2D eigenvalue weighted by molar-refractivity contribution is -0.790. The van der Waals surface area contributed by atoms with E-state index in [4.69, 9.17) is 4.74 Å². The van der Waals surface area contributed by atoms with Gasteiger partial charge in [-0.25, -0.2) is 4.79 Å². The summed E-state index contributed by atoms with van der Waals surface area (Å²) in [6, 6.07) is 10.4. The molecular formula is C17H19N3O8S. The zero-order valence-electron chi connectivity index (χ0n) is 15.3. The molecule has 29 heavy (non-hydrogen) atoms. The molecular weight excluding hydrogens is 406 g/mol. The Morgan fingerprint density at radius 2 is 1.90 bits per heavy atom. The lowest BCUT2D eigenvalue weighted by Crippen LogP contribution is -2.40. The molecule has 1 unspecified atom stereocenters. The molecule has 1 aliphatic heterocycles. The maximum atomic E-state index is 12.2. The molecule has 12 heteroatoms. The molecule has 1 saturated heterocycles. The third-order valence-corrected chi connectivity index (χ3v) is 5.87. The van der Waals surface area contributed by atoms with Crippen LogP contribution in [0.5, 0.6) is 0 Å². The molecule has 2 heterocycles. The smallest absolute Gasteiger partial charge is 0.409 e. The largest absolute Gasteiger partial charge is 0.447 e. The number of carbonyl (C=O) groups is 1. The summed E-state index contributed by atoms with van der Waals surface area (Å²) in [5.74, 6) is 0.357. The number of likely N-dealkylation sites (tertiary alicyclic amines) is 1. The van der Waals surface area contributed by atoms with Crippen molar-refractivity contribution in [1.82, 2.24) is 4.90 Å². The van der Waals surface area contributed by atoms with Gasteiger partial charge in [0.2, 0.25) is 0 Å². The Bertz CT molecular complexity index is 847. The van der Waals surface area contributed by atoms with Crippen molar-refractivity contribution in [1.29, 1.82) is 0 Å². The lowest BCUT2D eigenvalue weighted by atomic mass is 9.95. The van der Waals surface area contributed by atoms with E-state index < -0.39 is 35.6 Å². The van der Waals surface area contributed by atoms with Gasteiger partial charge < -0.3 is 19.3 Å². The van der Waals surface area contributed by atoms with Crippen molar-refractivity contribution < 1.29 is 29.4 Å². The number of ether oxygens (including phenoxy) is 1. The summed E-state index contributed by atoms with van der Waals surface area (Å²) in [4.78, 5) is 44.0. The fourth-order valence-electron chi connectivity index (χ4n) is 3.18. The van der Waals surface area contributed by atoms with Gasteiger partial charge in [0.05, 0.1) is 0 Å². The van der Waals surface area contributed by atoms with E-state index in [0.29, 0.717) is 19.0 Å². The van der Waals surface area contributed by atoms with Crippen molar-refractivity contribution in [2.24, 2.45) is 0 Å². The molecule has 1 fully saturated rings. The zero-order chi connectivity index (χ0) is 20.8. The molecule has 156 valence electrons. The van der Waals surface area contributed by atoms with Crippen molar-refractivity contribution in [3.63, 3.8) is 0 Å². The fourth-order valence-corrected chi connectivity index (χ4v) is 4.41. The topological polar surface area (TPSA) is 134 Å². The molecule has 0 spiro atoms. The average Bonchev–Trinajstić information content (AvgIpc) is 3.13. The van der Waals surface area contributed by atoms with Crippen LogP contribution in [-0.2, 0) is 14.4 Å². The number of amides is 1. The standard InChI is InChI=1S/C17H19N3O8S/c21-17(26-10-14(28-20(24)25)11-27-19(22)23)18-7-5-12(6-8-18)16-9-13-3-1-2-4-15(13)29-16/h1-4,9,12,14H,5-8,10-11H2. The van der Waals surface area contributed by atoms with E-state index in [9.17, 15) is 25.0 Å². The van der Waals surface area contributed by atoms with Gasteiger partial charge in [0.15, 0.2) is 6.10 Å². The molecule has 3 rings (SSSR count). The molecule has 0 bridgehead atoms. The molecule has 1 aliphatic rings. The first-order chi connectivity index (χ1) is 13.9. The van der Waals surface area contributed by atoms with Crippen LogP contribution in [0.3, 0.4) is 0 Å². The van der Waals surface area contributed by atoms with E-state index in [1.807, 2.05) is 12.1 Å². The average molecular weight is 425 g/mol. The predicted octanol–water partition coefficient (Wildman–Crippen LogP) is 3.00. The van der Waals surface area contributed by atoms with E-state index in [1.54, 1.807) is 11.3 Å². The maximum absolute atomic E-state index is 12.2. The minimum Gasteiger partial charge on any atom is -0.447 e. The Morgan fingerprint density at radius 1 is 1.17 bits per heavy atom. The van der Waals surface area contributed by atoms with Gasteiger partial charge in [-0.2, -0.15) is 0 Å². The second kappa shape index (κ2) is 9.37. The highest BCUT2D eigenvalue weighted by atomic mass is 32.1. The summed E-state index contributed by atoms with van der Waals surface area (Å²) in [6.07, 6.45) is -0.462. The Morgan fingerprint density at radius 3 is 2.55 bits per heavy atom. The Kier molecular flexibility index (Phi) is 6.65. The lowest BCUT2D eigenvalue weighted by Gasteiger charge is -2.31. The summed E-state index contributed by atoms with van der Waals surface area (Å²) < 4.78 is 6.26. The van der Waals surface area contributed by atoms with E-state index in [-0.39, 0.29) is 0 Å². The normalized spacial score (nSPS) is 15.7. The van der Waals surface area contributed by atoms with Crippen LogP contribution in [0, 0.1) is 20.2 Å². The Labute approximate surface area is 169 Å². The quantitative estimate of drug-likeness (QED) is 0.465. The number of thiophene rings is 1. The number of hydrogen-bond acceptors (Lipinski definition) is 9. The summed E-state index contributed by atoms with van der Waals surface area (Å²) in [5.41, 5.74) is 0. The van der Waals surface area contributed by atoms with Crippen molar-refractivity contribution in [3.05, 3.63) is 55.4 Å². The van der Waals surface area contributed by atoms with Crippen LogP contribution in [0.2, 0.25) is 0 Å². The highest BCUT2D eigenvalue weighted by Gasteiger charge is 2.27. The molecule has 1 amide bonds. The van der Waals surface area contributed by atoms with E-state index >= 15 is 0 Å². The zero-order valence-corrected chi connectivity index (χ0v) is 16.1. The number of carbonyl (C=O) groups excluding carboxylic acids is 1. The third-order valence-electron chi connectivity index (χ3n) is 4.59. The van der Waals surface area contributed by atoms with Crippen molar-refractivity contribution in [3.8, 4) is 0 Å². The summed E-state index contributed by atoms with van der Waals surface area (Å²) in [5, 5.41) is 19.7. The molecule has 1 aromatic heterocycles.